The Morgan fingerprint density at radius 1 is 1.06 bits per heavy atom. The molecule has 0 aliphatic carbocycles. The summed E-state index contributed by atoms with van der Waals surface area (Å²) in [7, 11) is 0. The van der Waals surface area contributed by atoms with E-state index in [0.29, 0.717) is 4.47 Å². The molecular formula is C13H6BrF2NO. The highest BCUT2D eigenvalue weighted by Gasteiger charge is 2.10. The van der Waals surface area contributed by atoms with Crippen LogP contribution < -0.4 is 4.74 Å². The Kier molecular flexibility index (Phi) is 3.58. The number of halogens is 3. The number of ether oxygens (including phenoxy) is 1. The molecule has 0 saturated heterocycles. The van der Waals surface area contributed by atoms with Crippen LogP contribution >= 0.6 is 15.9 Å². The molecular weight excluding hydrogens is 304 g/mol. The molecule has 0 saturated carbocycles. The van der Waals surface area contributed by atoms with Crippen LogP contribution in [0.1, 0.15) is 5.56 Å². The molecule has 0 atom stereocenters. The summed E-state index contributed by atoms with van der Waals surface area (Å²) in [5.74, 6) is -1.43. The third kappa shape index (κ3) is 2.66. The molecule has 90 valence electrons. The molecule has 0 amide bonds. The second-order valence-corrected chi connectivity index (χ2v) is 4.34. The lowest BCUT2D eigenvalue weighted by molar-refractivity contribution is 0.436. The van der Waals surface area contributed by atoms with Crippen LogP contribution in [0.25, 0.3) is 0 Å². The van der Waals surface area contributed by atoms with Crippen molar-refractivity contribution in [2.75, 3.05) is 0 Å². The van der Waals surface area contributed by atoms with Crippen LogP contribution in [0.5, 0.6) is 11.5 Å². The first-order chi connectivity index (χ1) is 8.60. The maximum Gasteiger partial charge on any atom is 0.168 e. The molecule has 0 N–H and O–H groups in total. The van der Waals surface area contributed by atoms with E-state index < -0.39 is 11.6 Å². The van der Waals surface area contributed by atoms with Gasteiger partial charge in [0.1, 0.15) is 17.6 Å². The summed E-state index contributed by atoms with van der Waals surface area (Å²) < 4.78 is 32.1. The highest BCUT2D eigenvalue weighted by Crippen LogP contribution is 2.29. The predicted octanol–water partition coefficient (Wildman–Crippen LogP) is 4.39. The quantitative estimate of drug-likeness (QED) is 0.824. The van der Waals surface area contributed by atoms with E-state index >= 15 is 0 Å². The Morgan fingerprint density at radius 2 is 1.83 bits per heavy atom. The molecule has 2 aromatic rings. The van der Waals surface area contributed by atoms with E-state index in [4.69, 9.17) is 10.00 Å². The Morgan fingerprint density at radius 3 is 2.50 bits per heavy atom. The van der Waals surface area contributed by atoms with Gasteiger partial charge in [-0.2, -0.15) is 5.26 Å². The first-order valence-electron chi connectivity index (χ1n) is 4.92. The highest BCUT2D eigenvalue weighted by molar-refractivity contribution is 9.10. The SMILES string of the molecule is N#Cc1ccc(Br)cc1Oc1ccc(F)cc1F. The van der Waals surface area contributed by atoms with Crippen LogP contribution in [-0.4, -0.2) is 0 Å². The topological polar surface area (TPSA) is 33.0 Å². The van der Waals surface area contributed by atoms with E-state index in [9.17, 15) is 8.78 Å². The lowest BCUT2D eigenvalue weighted by Gasteiger charge is -2.08. The molecule has 0 aromatic heterocycles. The molecule has 0 heterocycles. The summed E-state index contributed by atoms with van der Waals surface area (Å²) in [5.41, 5.74) is 0.266. The van der Waals surface area contributed by atoms with Gasteiger partial charge >= 0.3 is 0 Å². The Bertz CT molecular complexity index is 637. The zero-order valence-corrected chi connectivity index (χ0v) is 10.5. The number of benzene rings is 2. The monoisotopic (exact) mass is 309 g/mol. The molecule has 2 nitrogen and oxygen atoms in total. The highest BCUT2D eigenvalue weighted by atomic mass is 79.9. The summed E-state index contributed by atoms with van der Waals surface area (Å²) in [6.07, 6.45) is 0. The second-order valence-electron chi connectivity index (χ2n) is 3.43. The van der Waals surface area contributed by atoms with Gasteiger partial charge in [-0.3, -0.25) is 0 Å². The molecule has 2 aromatic carbocycles. The number of nitriles is 1. The van der Waals surface area contributed by atoms with Crippen LogP contribution in [-0.2, 0) is 0 Å². The average molecular weight is 310 g/mol. The van der Waals surface area contributed by atoms with Gasteiger partial charge in [0.25, 0.3) is 0 Å². The van der Waals surface area contributed by atoms with Crippen molar-refractivity contribution in [1.29, 1.82) is 5.26 Å². The van der Waals surface area contributed by atoms with E-state index in [1.54, 1.807) is 18.2 Å². The predicted molar refractivity (Wildman–Crippen MR) is 65.3 cm³/mol. The van der Waals surface area contributed by atoms with Crippen LogP contribution in [0.3, 0.4) is 0 Å². The van der Waals surface area contributed by atoms with Crippen molar-refractivity contribution in [2.45, 2.75) is 0 Å². The number of rotatable bonds is 2. The number of hydrogen-bond donors (Lipinski definition) is 0. The first kappa shape index (κ1) is 12.5. The van der Waals surface area contributed by atoms with E-state index in [2.05, 4.69) is 15.9 Å². The van der Waals surface area contributed by atoms with Gasteiger partial charge in [0.15, 0.2) is 11.6 Å². The van der Waals surface area contributed by atoms with Gasteiger partial charge < -0.3 is 4.74 Å². The molecule has 0 radical (unpaired) electrons. The van der Waals surface area contributed by atoms with Gasteiger partial charge in [0.05, 0.1) is 5.56 Å². The van der Waals surface area contributed by atoms with Crippen molar-refractivity contribution >= 4 is 15.9 Å². The molecule has 18 heavy (non-hydrogen) atoms. The fourth-order valence-corrected chi connectivity index (χ4v) is 1.69. The van der Waals surface area contributed by atoms with E-state index in [1.807, 2.05) is 6.07 Å². The van der Waals surface area contributed by atoms with Crippen LogP contribution in [0, 0.1) is 23.0 Å². The van der Waals surface area contributed by atoms with Gasteiger partial charge in [-0.05, 0) is 30.3 Å². The van der Waals surface area contributed by atoms with Crippen LogP contribution in [0.2, 0.25) is 0 Å². The fourth-order valence-electron chi connectivity index (χ4n) is 1.35. The van der Waals surface area contributed by atoms with Gasteiger partial charge in [-0.15, -0.1) is 0 Å². The third-order valence-electron chi connectivity index (χ3n) is 2.18. The van der Waals surface area contributed by atoms with Gasteiger partial charge in [0.2, 0.25) is 0 Å². The molecule has 2 rings (SSSR count). The maximum absolute atomic E-state index is 13.4. The largest absolute Gasteiger partial charge is 0.453 e. The summed E-state index contributed by atoms with van der Waals surface area (Å²) in [6, 6.07) is 9.67. The van der Waals surface area contributed by atoms with Crippen LogP contribution in [0.15, 0.2) is 40.9 Å². The van der Waals surface area contributed by atoms with Crippen molar-refractivity contribution in [2.24, 2.45) is 0 Å². The first-order valence-corrected chi connectivity index (χ1v) is 5.72. The molecule has 0 bridgehead atoms. The molecule has 0 aliphatic rings. The Labute approximate surface area is 111 Å². The minimum atomic E-state index is -0.820. The van der Waals surface area contributed by atoms with Gasteiger partial charge in [-0.1, -0.05) is 15.9 Å². The average Bonchev–Trinajstić information content (AvgIpc) is 2.33. The minimum absolute atomic E-state index is 0.133. The minimum Gasteiger partial charge on any atom is -0.453 e. The van der Waals surface area contributed by atoms with Gasteiger partial charge in [-0.25, -0.2) is 8.78 Å². The molecule has 5 heteroatoms. The molecule has 0 spiro atoms. The molecule has 0 fully saturated rings. The van der Waals surface area contributed by atoms with Crippen molar-refractivity contribution in [3.63, 3.8) is 0 Å². The van der Waals surface area contributed by atoms with Gasteiger partial charge in [0, 0.05) is 10.5 Å². The van der Waals surface area contributed by atoms with Crippen molar-refractivity contribution in [3.8, 4) is 17.6 Å². The smallest absolute Gasteiger partial charge is 0.168 e. The molecule has 0 unspecified atom stereocenters. The summed E-state index contributed by atoms with van der Waals surface area (Å²) in [5, 5.41) is 8.90. The summed E-state index contributed by atoms with van der Waals surface area (Å²) >= 11 is 3.23. The maximum atomic E-state index is 13.4. The summed E-state index contributed by atoms with van der Waals surface area (Å²) in [4.78, 5) is 0. The molecule has 0 aliphatic heterocycles. The van der Waals surface area contributed by atoms with E-state index in [1.165, 1.54) is 6.07 Å². The second kappa shape index (κ2) is 5.15. The fraction of sp³-hybridized carbons (Fsp3) is 0. The van der Waals surface area contributed by atoms with Crippen molar-refractivity contribution in [1.82, 2.24) is 0 Å². The van der Waals surface area contributed by atoms with Crippen molar-refractivity contribution < 1.29 is 13.5 Å². The normalized spacial score (nSPS) is 9.89. The number of hydrogen-bond acceptors (Lipinski definition) is 2. The zero-order valence-electron chi connectivity index (χ0n) is 8.95. The third-order valence-corrected chi connectivity index (χ3v) is 2.67. The lowest BCUT2D eigenvalue weighted by atomic mass is 10.2. The van der Waals surface area contributed by atoms with Crippen molar-refractivity contribution in [3.05, 3.63) is 58.1 Å². The van der Waals surface area contributed by atoms with E-state index in [-0.39, 0.29) is 17.1 Å². The standard InChI is InChI=1S/C13H6BrF2NO/c14-9-2-1-8(7-17)13(5-9)18-12-4-3-10(15)6-11(12)16/h1-6H. The Hall–Kier alpha value is -1.93. The number of nitrogens with zero attached hydrogens (tertiary/aromatic N) is 1. The Balaban J connectivity index is 2.40. The van der Waals surface area contributed by atoms with Crippen LogP contribution in [0.4, 0.5) is 8.78 Å². The summed E-state index contributed by atoms with van der Waals surface area (Å²) in [6.45, 7) is 0. The lowest BCUT2D eigenvalue weighted by Crippen LogP contribution is -1.92. The zero-order chi connectivity index (χ0) is 13.1. The van der Waals surface area contributed by atoms with E-state index in [0.717, 1.165) is 12.1 Å².